The number of aromatic nitrogens is 4. The molecule has 1 aliphatic rings. The van der Waals surface area contributed by atoms with Gasteiger partial charge in [-0.15, -0.1) is 17.9 Å². The minimum Gasteiger partial charge on any atom is -0.323 e. The minimum atomic E-state index is 0.0128. The molecule has 0 saturated carbocycles. The van der Waals surface area contributed by atoms with Gasteiger partial charge in [-0.1, -0.05) is 35.9 Å². The Bertz CT molecular complexity index is 1310. The van der Waals surface area contributed by atoms with Gasteiger partial charge in [0.1, 0.15) is 4.83 Å². The molecule has 7 heteroatoms. The average molecular weight is 432 g/mol. The number of anilines is 2. The fourth-order valence-electron chi connectivity index (χ4n) is 4.16. The predicted octanol–water partition coefficient (Wildman–Crippen LogP) is 4.82. The lowest BCUT2D eigenvalue weighted by Crippen LogP contribution is -2.24. The molecule has 0 amide bonds. The van der Waals surface area contributed by atoms with E-state index in [2.05, 4.69) is 48.2 Å². The Balaban J connectivity index is 1.48. The van der Waals surface area contributed by atoms with Crippen molar-refractivity contribution >= 4 is 33.2 Å². The Morgan fingerprint density at radius 3 is 2.84 bits per heavy atom. The highest BCUT2D eigenvalue weighted by Gasteiger charge is 2.22. The summed E-state index contributed by atoms with van der Waals surface area (Å²) in [4.78, 5) is 20.3. The number of nitrogens with zero attached hydrogens (tertiary/aromatic N) is 4. The molecule has 4 aromatic rings. The van der Waals surface area contributed by atoms with Gasteiger partial charge in [0.25, 0.3) is 5.56 Å². The van der Waals surface area contributed by atoms with E-state index in [0.717, 1.165) is 35.2 Å². The van der Waals surface area contributed by atoms with E-state index in [1.54, 1.807) is 28.2 Å². The van der Waals surface area contributed by atoms with Crippen LogP contribution in [0, 0.1) is 6.92 Å². The summed E-state index contributed by atoms with van der Waals surface area (Å²) in [5.41, 5.74) is 4.45. The third kappa shape index (κ3) is 3.81. The second-order valence-corrected chi connectivity index (χ2v) is 9.15. The fraction of sp³-hybridized carbons (Fsp3) is 0.292. The van der Waals surface area contributed by atoms with Gasteiger partial charge >= 0.3 is 0 Å². The maximum atomic E-state index is 13.4. The zero-order valence-electron chi connectivity index (χ0n) is 17.6. The quantitative estimate of drug-likeness (QED) is 0.445. The van der Waals surface area contributed by atoms with Gasteiger partial charge < -0.3 is 5.32 Å². The van der Waals surface area contributed by atoms with Gasteiger partial charge in [-0.2, -0.15) is 5.10 Å². The standard InChI is InChI=1S/C24H25N5OS/c1-3-12-29-23(30)21-19-6-4-5-7-20(19)31-22(21)27-24(29)26-18-13-25-28(15-18)14-17-10-8-16(2)9-11-17/h3,8-11,13,15H,1,4-7,12,14H2,2H3,(H,26,27). The molecular weight excluding hydrogens is 406 g/mol. The Morgan fingerprint density at radius 2 is 2.03 bits per heavy atom. The number of thiophene rings is 1. The highest BCUT2D eigenvalue weighted by Crippen LogP contribution is 2.34. The molecule has 1 aromatic carbocycles. The molecule has 0 unspecified atom stereocenters. The maximum absolute atomic E-state index is 13.4. The summed E-state index contributed by atoms with van der Waals surface area (Å²) in [6.07, 6.45) is 9.78. The van der Waals surface area contributed by atoms with E-state index in [9.17, 15) is 4.79 Å². The lowest BCUT2D eigenvalue weighted by Gasteiger charge is -2.13. The molecule has 1 aliphatic carbocycles. The Hall–Kier alpha value is -3.19. The number of nitrogens with one attached hydrogen (secondary N) is 1. The van der Waals surface area contributed by atoms with Crippen LogP contribution in [0.3, 0.4) is 0 Å². The van der Waals surface area contributed by atoms with Crippen molar-refractivity contribution in [2.24, 2.45) is 0 Å². The SMILES string of the molecule is C=CCn1c(Nc2cnn(Cc3ccc(C)cc3)c2)nc2sc3c(c2c1=O)CCCC3. The van der Waals surface area contributed by atoms with Crippen LogP contribution in [-0.4, -0.2) is 19.3 Å². The minimum absolute atomic E-state index is 0.0128. The van der Waals surface area contributed by atoms with Crippen molar-refractivity contribution in [3.05, 3.63) is 81.2 Å². The van der Waals surface area contributed by atoms with E-state index < -0.39 is 0 Å². The summed E-state index contributed by atoms with van der Waals surface area (Å²) in [5.74, 6) is 0.533. The monoisotopic (exact) mass is 431 g/mol. The highest BCUT2D eigenvalue weighted by atomic mass is 32.1. The zero-order chi connectivity index (χ0) is 21.4. The van der Waals surface area contributed by atoms with Crippen molar-refractivity contribution in [2.75, 3.05) is 5.32 Å². The first-order chi connectivity index (χ1) is 15.1. The van der Waals surface area contributed by atoms with Crippen molar-refractivity contribution in [1.82, 2.24) is 19.3 Å². The third-order valence-electron chi connectivity index (χ3n) is 5.74. The van der Waals surface area contributed by atoms with Crippen LogP contribution in [0.15, 0.2) is 54.1 Å². The van der Waals surface area contributed by atoms with E-state index in [1.165, 1.54) is 28.0 Å². The molecule has 0 aliphatic heterocycles. The molecule has 0 saturated heterocycles. The maximum Gasteiger partial charge on any atom is 0.264 e. The summed E-state index contributed by atoms with van der Waals surface area (Å²) in [5, 5.41) is 8.57. The van der Waals surface area contributed by atoms with Crippen LogP contribution < -0.4 is 10.9 Å². The molecule has 6 nitrogen and oxygen atoms in total. The summed E-state index contributed by atoms with van der Waals surface area (Å²) in [7, 11) is 0. The Morgan fingerprint density at radius 1 is 1.23 bits per heavy atom. The van der Waals surface area contributed by atoms with E-state index >= 15 is 0 Å². The predicted molar refractivity (Wildman–Crippen MR) is 127 cm³/mol. The van der Waals surface area contributed by atoms with Gasteiger partial charge in [0.15, 0.2) is 0 Å². The smallest absolute Gasteiger partial charge is 0.264 e. The van der Waals surface area contributed by atoms with E-state index in [1.807, 2.05) is 10.9 Å². The van der Waals surface area contributed by atoms with Crippen molar-refractivity contribution in [2.45, 2.75) is 45.7 Å². The number of rotatable bonds is 6. The largest absolute Gasteiger partial charge is 0.323 e. The number of hydrogen-bond acceptors (Lipinski definition) is 5. The first-order valence-electron chi connectivity index (χ1n) is 10.6. The van der Waals surface area contributed by atoms with E-state index in [0.29, 0.717) is 19.0 Å². The van der Waals surface area contributed by atoms with Crippen molar-refractivity contribution in [3.63, 3.8) is 0 Å². The van der Waals surface area contributed by atoms with Crippen LogP contribution in [0.1, 0.15) is 34.4 Å². The van der Waals surface area contributed by atoms with E-state index in [4.69, 9.17) is 4.98 Å². The van der Waals surface area contributed by atoms with Crippen LogP contribution >= 0.6 is 11.3 Å². The van der Waals surface area contributed by atoms with Crippen LogP contribution in [0.25, 0.3) is 10.2 Å². The van der Waals surface area contributed by atoms with Gasteiger partial charge in [-0.3, -0.25) is 14.0 Å². The Labute approximate surface area is 184 Å². The van der Waals surface area contributed by atoms with Crippen LogP contribution in [0.2, 0.25) is 0 Å². The van der Waals surface area contributed by atoms with Gasteiger partial charge in [0, 0.05) is 17.6 Å². The normalized spacial score (nSPS) is 13.3. The molecule has 1 N–H and O–H groups in total. The molecule has 5 rings (SSSR count). The lowest BCUT2D eigenvalue weighted by atomic mass is 9.97. The molecule has 3 aromatic heterocycles. The number of fused-ring (bicyclic) bond motifs is 3. The summed E-state index contributed by atoms with van der Waals surface area (Å²) in [6.45, 7) is 7.00. The van der Waals surface area contributed by atoms with Gasteiger partial charge in [-0.05, 0) is 43.7 Å². The third-order valence-corrected chi connectivity index (χ3v) is 6.93. The molecule has 0 bridgehead atoms. The second kappa shape index (κ2) is 8.15. The van der Waals surface area contributed by atoms with Gasteiger partial charge in [0.05, 0.1) is 23.8 Å². The van der Waals surface area contributed by atoms with Crippen LogP contribution in [-0.2, 0) is 25.9 Å². The van der Waals surface area contributed by atoms with Crippen molar-refractivity contribution in [3.8, 4) is 0 Å². The first-order valence-corrected chi connectivity index (χ1v) is 11.4. The topological polar surface area (TPSA) is 64.7 Å². The molecule has 0 fully saturated rings. The first kappa shape index (κ1) is 19.8. The average Bonchev–Trinajstić information content (AvgIpc) is 3.36. The number of hydrogen-bond donors (Lipinski definition) is 1. The lowest BCUT2D eigenvalue weighted by molar-refractivity contribution is 0.687. The van der Waals surface area contributed by atoms with Crippen LogP contribution in [0.5, 0.6) is 0 Å². The van der Waals surface area contributed by atoms with E-state index in [-0.39, 0.29) is 5.56 Å². The van der Waals surface area contributed by atoms with Gasteiger partial charge in [0.2, 0.25) is 5.95 Å². The highest BCUT2D eigenvalue weighted by molar-refractivity contribution is 7.18. The molecule has 0 spiro atoms. The molecule has 0 radical (unpaired) electrons. The second-order valence-electron chi connectivity index (χ2n) is 8.07. The summed E-state index contributed by atoms with van der Waals surface area (Å²) >= 11 is 1.66. The van der Waals surface area contributed by atoms with Crippen LogP contribution in [0.4, 0.5) is 11.6 Å². The molecule has 0 atom stereocenters. The zero-order valence-corrected chi connectivity index (χ0v) is 18.4. The van der Waals surface area contributed by atoms with Crippen molar-refractivity contribution in [1.29, 1.82) is 0 Å². The fourth-order valence-corrected chi connectivity index (χ4v) is 5.41. The number of allylic oxidation sites excluding steroid dienone is 1. The molecule has 31 heavy (non-hydrogen) atoms. The number of aryl methyl sites for hydroxylation is 3. The van der Waals surface area contributed by atoms with Gasteiger partial charge in [-0.25, -0.2) is 4.98 Å². The molecular formula is C24H25N5OS. The molecule has 3 heterocycles. The summed E-state index contributed by atoms with van der Waals surface area (Å²) in [6, 6.07) is 8.43. The Kier molecular flexibility index (Phi) is 5.19. The molecule has 158 valence electrons. The van der Waals surface area contributed by atoms with Crippen molar-refractivity contribution < 1.29 is 0 Å². The number of benzene rings is 1. The summed E-state index contributed by atoms with van der Waals surface area (Å²) < 4.78 is 3.56.